The summed E-state index contributed by atoms with van der Waals surface area (Å²) >= 11 is 3.47. The topological polar surface area (TPSA) is 53.6 Å². The molecule has 0 aromatic carbocycles. The molecule has 0 radical (unpaired) electrons. The van der Waals surface area contributed by atoms with Gasteiger partial charge >= 0.3 is 0 Å². The van der Waals surface area contributed by atoms with Crippen molar-refractivity contribution in [2.45, 2.75) is 31.3 Å². The highest BCUT2D eigenvalue weighted by Crippen LogP contribution is 2.40. The summed E-state index contributed by atoms with van der Waals surface area (Å²) in [7, 11) is 0. The number of rotatable bonds is 1. The quantitative estimate of drug-likeness (QED) is 0.851. The van der Waals surface area contributed by atoms with Crippen LogP contribution in [0.4, 0.5) is 0 Å². The van der Waals surface area contributed by atoms with Crippen molar-refractivity contribution in [3.8, 4) is 11.3 Å². The Morgan fingerprint density at radius 2 is 2.22 bits per heavy atom. The van der Waals surface area contributed by atoms with Crippen LogP contribution in [0.1, 0.15) is 30.1 Å². The Labute approximate surface area is 113 Å². The van der Waals surface area contributed by atoms with Gasteiger partial charge in [-0.3, -0.25) is 10.1 Å². The molecule has 5 heteroatoms. The number of aromatic nitrogens is 3. The number of halogens is 1. The van der Waals surface area contributed by atoms with E-state index in [1.54, 1.807) is 6.20 Å². The number of hydrogen-bond donors (Lipinski definition) is 2. The predicted molar refractivity (Wildman–Crippen MR) is 72.1 cm³/mol. The van der Waals surface area contributed by atoms with Crippen LogP contribution in [-0.4, -0.2) is 21.2 Å². The Hall–Kier alpha value is -1.20. The van der Waals surface area contributed by atoms with Crippen molar-refractivity contribution in [2.24, 2.45) is 0 Å². The summed E-state index contributed by atoms with van der Waals surface area (Å²) in [5.41, 5.74) is 4.78. The van der Waals surface area contributed by atoms with Crippen LogP contribution in [0.3, 0.4) is 0 Å². The highest BCUT2D eigenvalue weighted by Gasteiger charge is 2.35. The number of fused-ring (bicyclic) bond motifs is 4. The molecule has 4 rings (SSSR count). The summed E-state index contributed by atoms with van der Waals surface area (Å²) in [6.45, 7) is 0. The molecule has 0 aliphatic carbocycles. The lowest BCUT2D eigenvalue weighted by Gasteiger charge is -2.21. The third kappa shape index (κ3) is 1.54. The van der Waals surface area contributed by atoms with E-state index in [-0.39, 0.29) is 0 Å². The predicted octanol–water partition coefficient (Wildman–Crippen LogP) is 2.58. The molecule has 4 nitrogen and oxygen atoms in total. The Balaban J connectivity index is 1.86. The van der Waals surface area contributed by atoms with E-state index in [0.717, 1.165) is 22.2 Å². The van der Waals surface area contributed by atoms with E-state index in [4.69, 9.17) is 0 Å². The molecule has 1 saturated heterocycles. The van der Waals surface area contributed by atoms with Crippen molar-refractivity contribution >= 4 is 15.9 Å². The molecule has 4 heterocycles. The van der Waals surface area contributed by atoms with E-state index >= 15 is 0 Å². The van der Waals surface area contributed by atoms with Crippen molar-refractivity contribution in [3.05, 3.63) is 34.2 Å². The first-order chi connectivity index (χ1) is 8.81. The molecule has 2 atom stereocenters. The molecule has 2 aliphatic heterocycles. The maximum atomic E-state index is 4.50. The van der Waals surface area contributed by atoms with Crippen molar-refractivity contribution < 1.29 is 0 Å². The lowest BCUT2D eigenvalue weighted by Crippen LogP contribution is -2.31. The molecule has 2 N–H and O–H groups in total. The lowest BCUT2D eigenvalue weighted by molar-refractivity contribution is 0.511. The summed E-state index contributed by atoms with van der Waals surface area (Å²) in [6.07, 6.45) is 7.23. The van der Waals surface area contributed by atoms with E-state index in [1.165, 1.54) is 24.1 Å². The fourth-order valence-corrected chi connectivity index (χ4v) is 3.50. The second kappa shape index (κ2) is 3.90. The first-order valence-electron chi connectivity index (χ1n) is 6.25. The van der Waals surface area contributed by atoms with Crippen molar-refractivity contribution in [3.63, 3.8) is 0 Å². The van der Waals surface area contributed by atoms with Gasteiger partial charge < -0.3 is 5.32 Å². The van der Waals surface area contributed by atoms with E-state index < -0.39 is 0 Å². The smallest absolute Gasteiger partial charge is 0.0987 e. The number of pyridine rings is 1. The minimum atomic E-state index is 0.464. The average molecular weight is 305 g/mol. The number of H-pyrrole nitrogens is 1. The number of hydrogen-bond acceptors (Lipinski definition) is 3. The van der Waals surface area contributed by atoms with Crippen LogP contribution in [0, 0.1) is 0 Å². The van der Waals surface area contributed by atoms with E-state index in [1.807, 2.05) is 6.20 Å². The molecule has 0 amide bonds. The van der Waals surface area contributed by atoms with Crippen LogP contribution in [0.25, 0.3) is 11.3 Å². The summed E-state index contributed by atoms with van der Waals surface area (Å²) in [5.74, 6) is 0. The highest BCUT2D eigenvalue weighted by molar-refractivity contribution is 9.10. The van der Waals surface area contributed by atoms with Gasteiger partial charge in [-0.25, -0.2) is 0 Å². The standard InChI is InChI=1S/C13H13BrN4/c14-8-3-7(5-15-6-8)13-12-10-2-1-9(16-10)4-11(12)17-18-13/h3,5-6,9-10,16H,1-2,4H2,(H,17,18). The third-order valence-corrected chi connectivity index (χ3v) is 4.33. The number of nitrogens with one attached hydrogen (secondary N) is 2. The zero-order valence-corrected chi connectivity index (χ0v) is 11.4. The lowest BCUT2D eigenvalue weighted by atomic mass is 9.97. The molecular formula is C13H13BrN4. The van der Waals surface area contributed by atoms with Gasteiger partial charge in [0.2, 0.25) is 0 Å². The monoisotopic (exact) mass is 304 g/mol. The van der Waals surface area contributed by atoms with Gasteiger partial charge in [-0.05, 0) is 34.8 Å². The van der Waals surface area contributed by atoms with E-state index in [9.17, 15) is 0 Å². The second-order valence-electron chi connectivity index (χ2n) is 5.05. The largest absolute Gasteiger partial charge is 0.307 e. The molecule has 0 spiro atoms. The third-order valence-electron chi connectivity index (χ3n) is 3.90. The van der Waals surface area contributed by atoms with Crippen LogP contribution in [0.15, 0.2) is 22.9 Å². The Morgan fingerprint density at radius 1 is 1.28 bits per heavy atom. The Kier molecular flexibility index (Phi) is 2.32. The molecule has 2 aromatic heterocycles. The molecule has 1 fully saturated rings. The molecule has 18 heavy (non-hydrogen) atoms. The Bertz CT molecular complexity index is 607. The molecule has 2 aliphatic rings. The van der Waals surface area contributed by atoms with Gasteiger partial charge in [-0.15, -0.1) is 0 Å². The summed E-state index contributed by atoms with van der Waals surface area (Å²) in [5, 5.41) is 11.4. The van der Waals surface area contributed by atoms with Crippen molar-refractivity contribution in [2.75, 3.05) is 0 Å². The van der Waals surface area contributed by atoms with Crippen LogP contribution in [0.5, 0.6) is 0 Å². The van der Waals surface area contributed by atoms with E-state index in [0.29, 0.717) is 12.1 Å². The van der Waals surface area contributed by atoms with Crippen LogP contribution < -0.4 is 5.32 Å². The highest BCUT2D eigenvalue weighted by atomic mass is 79.9. The molecule has 0 saturated carbocycles. The summed E-state index contributed by atoms with van der Waals surface area (Å²) < 4.78 is 0.991. The zero-order chi connectivity index (χ0) is 12.1. The summed E-state index contributed by atoms with van der Waals surface area (Å²) in [4.78, 5) is 4.23. The zero-order valence-electron chi connectivity index (χ0n) is 9.78. The van der Waals surface area contributed by atoms with Gasteiger partial charge in [0.25, 0.3) is 0 Å². The molecule has 92 valence electrons. The number of aromatic amines is 1. The Morgan fingerprint density at radius 3 is 3.11 bits per heavy atom. The first kappa shape index (κ1) is 10.7. The van der Waals surface area contributed by atoms with Gasteiger partial charge in [0.1, 0.15) is 0 Å². The first-order valence-corrected chi connectivity index (χ1v) is 7.04. The van der Waals surface area contributed by atoms with Crippen LogP contribution >= 0.6 is 15.9 Å². The molecule has 2 aromatic rings. The fourth-order valence-electron chi connectivity index (χ4n) is 3.13. The normalized spacial score (nSPS) is 25.2. The van der Waals surface area contributed by atoms with Gasteiger partial charge in [-0.2, -0.15) is 5.10 Å². The molecule has 2 unspecified atom stereocenters. The fraction of sp³-hybridized carbons (Fsp3) is 0.385. The van der Waals surface area contributed by atoms with Gasteiger partial charge in [0.05, 0.1) is 5.69 Å². The van der Waals surface area contributed by atoms with Crippen molar-refractivity contribution in [1.29, 1.82) is 0 Å². The van der Waals surface area contributed by atoms with Gasteiger partial charge in [0, 0.05) is 52.2 Å². The molecular weight excluding hydrogens is 292 g/mol. The maximum Gasteiger partial charge on any atom is 0.0987 e. The van der Waals surface area contributed by atoms with Gasteiger partial charge in [0.15, 0.2) is 0 Å². The van der Waals surface area contributed by atoms with Crippen molar-refractivity contribution in [1.82, 2.24) is 20.5 Å². The minimum absolute atomic E-state index is 0.464. The SMILES string of the molecule is Brc1cncc(-c2n[nH]c3c2C2CCC(C3)N2)c1. The maximum absolute atomic E-state index is 4.50. The summed E-state index contributed by atoms with van der Waals surface area (Å²) in [6, 6.07) is 3.17. The second-order valence-corrected chi connectivity index (χ2v) is 5.97. The van der Waals surface area contributed by atoms with Gasteiger partial charge in [-0.1, -0.05) is 0 Å². The van der Waals surface area contributed by atoms with Crippen LogP contribution in [-0.2, 0) is 6.42 Å². The average Bonchev–Trinajstić information content (AvgIpc) is 2.95. The molecule has 2 bridgehead atoms. The number of nitrogens with zero attached hydrogens (tertiary/aromatic N) is 2. The van der Waals surface area contributed by atoms with Crippen LogP contribution in [0.2, 0.25) is 0 Å². The van der Waals surface area contributed by atoms with E-state index in [2.05, 4.69) is 42.5 Å². The minimum Gasteiger partial charge on any atom is -0.307 e.